The first kappa shape index (κ1) is 13.2. The molecule has 0 spiro atoms. The van der Waals surface area contributed by atoms with E-state index in [4.69, 9.17) is 17.3 Å². The Morgan fingerprint density at radius 2 is 2.00 bits per heavy atom. The number of tetrazole rings is 1. The van der Waals surface area contributed by atoms with Crippen LogP contribution in [0.25, 0.3) is 11.4 Å². The average Bonchev–Trinajstić information content (AvgIpc) is 3.11. The largest absolute Gasteiger partial charge is 0.328 e. The van der Waals surface area contributed by atoms with Crippen LogP contribution in [0.1, 0.15) is 10.9 Å². The van der Waals surface area contributed by atoms with E-state index in [-0.39, 0.29) is 6.04 Å². The van der Waals surface area contributed by atoms with E-state index in [2.05, 4.69) is 15.4 Å². The summed E-state index contributed by atoms with van der Waals surface area (Å²) in [5.74, 6) is 0.590. The molecule has 0 aliphatic rings. The monoisotopic (exact) mass is 305 g/mol. The zero-order valence-corrected chi connectivity index (χ0v) is 12.1. The van der Waals surface area contributed by atoms with Gasteiger partial charge in [0.15, 0.2) is 0 Å². The molecule has 5 nitrogen and oxygen atoms in total. The number of hydrogen-bond acceptors (Lipinski definition) is 5. The van der Waals surface area contributed by atoms with Crippen LogP contribution in [-0.2, 0) is 0 Å². The van der Waals surface area contributed by atoms with E-state index in [9.17, 15) is 0 Å². The predicted molar refractivity (Wildman–Crippen MR) is 79.8 cm³/mol. The van der Waals surface area contributed by atoms with Crippen molar-refractivity contribution in [2.45, 2.75) is 6.04 Å². The van der Waals surface area contributed by atoms with Crippen LogP contribution in [0.3, 0.4) is 0 Å². The summed E-state index contributed by atoms with van der Waals surface area (Å²) in [5.41, 5.74) is 6.76. The highest BCUT2D eigenvalue weighted by Gasteiger charge is 2.18. The van der Waals surface area contributed by atoms with Gasteiger partial charge in [-0.25, -0.2) is 0 Å². The summed E-state index contributed by atoms with van der Waals surface area (Å²) in [6, 6.07) is 13.4. The van der Waals surface area contributed by atoms with Crippen LogP contribution < -0.4 is 5.73 Å². The Labute approximate surface area is 125 Å². The average molecular weight is 306 g/mol. The van der Waals surface area contributed by atoms with E-state index in [1.54, 1.807) is 4.80 Å². The number of aromatic nitrogens is 4. The summed E-state index contributed by atoms with van der Waals surface area (Å²) in [7, 11) is 0. The first-order valence-electron chi connectivity index (χ1n) is 6.08. The first-order chi connectivity index (χ1) is 9.78. The van der Waals surface area contributed by atoms with Gasteiger partial charge in [0.25, 0.3) is 0 Å². The molecule has 1 aromatic carbocycles. The van der Waals surface area contributed by atoms with E-state index in [1.165, 1.54) is 11.3 Å². The van der Waals surface area contributed by atoms with Gasteiger partial charge in [-0.15, -0.1) is 21.5 Å². The number of nitrogens with two attached hydrogens (primary N) is 1. The molecule has 3 aromatic rings. The van der Waals surface area contributed by atoms with Gasteiger partial charge >= 0.3 is 0 Å². The Morgan fingerprint density at radius 3 is 2.65 bits per heavy atom. The molecule has 1 unspecified atom stereocenters. The number of thiophene rings is 1. The van der Waals surface area contributed by atoms with Crippen molar-refractivity contribution in [3.8, 4) is 11.4 Å². The molecule has 3 rings (SSSR count). The van der Waals surface area contributed by atoms with Crippen LogP contribution in [0.4, 0.5) is 0 Å². The number of halogens is 1. The topological polar surface area (TPSA) is 69.6 Å². The van der Waals surface area contributed by atoms with Crippen LogP contribution >= 0.6 is 22.9 Å². The molecule has 0 aliphatic heterocycles. The van der Waals surface area contributed by atoms with Crippen LogP contribution in [0.5, 0.6) is 0 Å². The summed E-state index contributed by atoms with van der Waals surface area (Å²) in [6.45, 7) is 0.390. The summed E-state index contributed by atoms with van der Waals surface area (Å²) in [6.07, 6.45) is 0. The highest BCUT2D eigenvalue weighted by molar-refractivity contribution is 7.16. The maximum absolute atomic E-state index is 5.96. The fraction of sp³-hybridized carbons (Fsp3) is 0.154. The van der Waals surface area contributed by atoms with Crippen molar-refractivity contribution in [1.29, 1.82) is 0 Å². The Kier molecular flexibility index (Phi) is 3.77. The lowest BCUT2D eigenvalue weighted by atomic mass is 10.2. The van der Waals surface area contributed by atoms with E-state index in [1.807, 2.05) is 42.5 Å². The Bertz CT molecular complexity index is 694. The molecule has 0 saturated carbocycles. The fourth-order valence-corrected chi connectivity index (χ4v) is 3.05. The van der Waals surface area contributed by atoms with Gasteiger partial charge in [0.2, 0.25) is 5.82 Å². The molecule has 0 amide bonds. The van der Waals surface area contributed by atoms with Crippen LogP contribution in [0, 0.1) is 0 Å². The van der Waals surface area contributed by atoms with Gasteiger partial charge in [-0.2, -0.15) is 4.80 Å². The van der Waals surface area contributed by atoms with Gasteiger partial charge in [-0.1, -0.05) is 41.9 Å². The highest BCUT2D eigenvalue weighted by Crippen LogP contribution is 2.28. The standard InChI is InChI=1S/C13H12ClN5S/c14-12-7-6-11(20-12)10(8-15)19-17-13(16-18-19)9-4-2-1-3-5-9/h1-7,10H,8,15H2. The fourth-order valence-electron chi connectivity index (χ4n) is 1.89. The van der Waals surface area contributed by atoms with E-state index < -0.39 is 0 Å². The lowest BCUT2D eigenvalue weighted by Crippen LogP contribution is -2.21. The third kappa shape index (κ3) is 2.58. The van der Waals surface area contributed by atoms with Crippen molar-refractivity contribution in [3.05, 3.63) is 51.7 Å². The molecule has 0 aliphatic carbocycles. The Hall–Kier alpha value is -1.76. The second-order valence-electron chi connectivity index (χ2n) is 4.19. The molecular weight excluding hydrogens is 294 g/mol. The van der Waals surface area contributed by atoms with E-state index in [0.29, 0.717) is 12.4 Å². The Balaban J connectivity index is 1.92. The molecule has 0 saturated heterocycles. The molecule has 20 heavy (non-hydrogen) atoms. The molecule has 0 fully saturated rings. The van der Waals surface area contributed by atoms with Crippen LogP contribution in [0.2, 0.25) is 4.34 Å². The molecule has 0 radical (unpaired) electrons. The third-order valence-corrected chi connectivity index (χ3v) is 4.22. The predicted octanol–water partition coefficient (Wildman–Crippen LogP) is 2.60. The van der Waals surface area contributed by atoms with Gasteiger partial charge in [-0.3, -0.25) is 0 Å². The molecule has 2 N–H and O–H groups in total. The van der Waals surface area contributed by atoms with Crippen molar-refractivity contribution in [1.82, 2.24) is 20.2 Å². The summed E-state index contributed by atoms with van der Waals surface area (Å²) in [5, 5.41) is 12.6. The number of hydrogen-bond donors (Lipinski definition) is 1. The van der Waals surface area contributed by atoms with Crippen LogP contribution in [-0.4, -0.2) is 26.8 Å². The smallest absolute Gasteiger partial charge is 0.204 e. The molecule has 2 heterocycles. The zero-order chi connectivity index (χ0) is 13.9. The maximum Gasteiger partial charge on any atom is 0.204 e. The van der Waals surface area contributed by atoms with E-state index in [0.717, 1.165) is 14.8 Å². The SMILES string of the molecule is NCC(c1ccc(Cl)s1)n1nnc(-c2ccccc2)n1. The second kappa shape index (κ2) is 5.70. The molecule has 102 valence electrons. The molecule has 2 aromatic heterocycles. The van der Waals surface area contributed by atoms with Gasteiger partial charge in [0.1, 0.15) is 6.04 Å². The Morgan fingerprint density at radius 1 is 1.20 bits per heavy atom. The molecule has 1 atom stereocenters. The van der Waals surface area contributed by atoms with Gasteiger partial charge in [0, 0.05) is 17.0 Å². The summed E-state index contributed by atoms with van der Waals surface area (Å²) >= 11 is 7.44. The zero-order valence-electron chi connectivity index (χ0n) is 10.5. The van der Waals surface area contributed by atoms with Crippen LogP contribution in [0.15, 0.2) is 42.5 Å². The number of nitrogens with zero attached hydrogens (tertiary/aromatic N) is 4. The normalized spacial score (nSPS) is 12.5. The quantitative estimate of drug-likeness (QED) is 0.804. The lowest BCUT2D eigenvalue weighted by Gasteiger charge is -2.10. The lowest BCUT2D eigenvalue weighted by molar-refractivity contribution is 0.464. The molecular formula is C13H12ClN5S. The van der Waals surface area contributed by atoms with E-state index >= 15 is 0 Å². The van der Waals surface area contributed by atoms with Gasteiger partial charge in [-0.05, 0) is 17.3 Å². The highest BCUT2D eigenvalue weighted by atomic mass is 35.5. The summed E-state index contributed by atoms with van der Waals surface area (Å²) in [4.78, 5) is 2.57. The first-order valence-corrected chi connectivity index (χ1v) is 7.27. The van der Waals surface area contributed by atoms with Gasteiger partial charge in [0.05, 0.1) is 4.34 Å². The second-order valence-corrected chi connectivity index (χ2v) is 5.94. The van der Waals surface area contributed by atoms with Crippen molar-refractivity contribution >= 4 is 22.9 Å². The van der Waals surface area contributed by atoms with Crippen molar-refractivity contribution < 1.29 is 0 Å². The minimum absolute atomic E-state index is 0.141. The maximum atomic E-state index is 5.96. The number of rotatable bonds is 4. The summed E-state index contributed by atoms with van der Waals surface area (Å²) < 4.78 is 0.724. The minimum Gasteiger partial charge on any atom is -0.328 e. The van der Waals surface area contributed by atoms with Crippen molar-refractivity contribution in [2.75, 3.05) is 6.54 Å². The van der Waals surface area contributed by atoms with Crippen molar-refractivity contribution in [3.63, 3.8) is 0 Å². The molecule has 0 bridgehead atoms. The van der Waals surface area contributed by atoms with Crippen molar-refractivity contribution in [2.24, 2.45) is 5.73 Å². The third-order valence-electron chi connectivity index (χ3n) is 2.88. The minimum atomic E-state index is -0.141. The number of benzene rings is 1. The molecule has 7 heteroatoms. The van der Waals surface area contributed by atoms with Gasteiger partial charge < -0.3 is 5.73 Å².